The fraction of sp³-hybridized carbons (Fsp3) is 0.400. The van der Waals surface area contributed by atoms with Crippen molar-refractivity contribution in [1.29, 1.82) is 0 Å². The Labute approximate surface area is 125 Å². The highest BCUT2D eigenvalue weighted by Gasteiger charge is 2.30. The second-order valence-corrected chi connectivity index (χ2v) is 6.08. The van der Waals surface area contributed by atoms with Crippen LogP contribution in [0.5, 0.6) is 0 Å². The number of hydrogen-bond donors (Lipinski definition) is 1. The number of rotatable bonds is 2. The molecule has 1 aliphatic rings. The van der Waals surface area contributed by atoms with Gasteiger partial charge in [-0.3, -0.25) is 0 Å². The van der Waals surface area contributed by atoms with Crippen LogP contribution in [0.2, 0.25) is 0 Å². The lowest BCUT2D eigenvalue weighted by Crippen LogP contribution is -2.28. The number of piperidine rings is 1. The van der Waals surface area contributed by atoms with Crippen LogP contribution in [-0.2, 0) is 6.18 Å². The summed E-state index contributed by atoms with van der Waals surface area (Å²) < 4.78 is 38.3. The van der Waals surface area contributed by atoms with E-state index in [9.17, 15) is 13.2 Å². The van der Waals surface area contributed by atoms with Crippen molar-refractivity contribution in [3.8, 4) is 11.3 Å². The monoisotopic (exact) mass is 312 g/mol. The average Bonchev–Trinajstić information content (AvgIpc) is 2.97. The van der Waals surface area contributed by atoms with Gasteiger partial charge in [0.1, 0.15) is 0 Å². The molecule has 21 heavy (non-hydrogen) atoms. The first-order chi connectivity index (χ1) is 10.0. The topological polar surface area (TPSA) is 24.9 Å². The number of halogens is 3. The maximum atomic E-state index is 12.8. The van der Waals surface area contributed by atoms with Crippen LogP contribution in [0.3, 0.4) is 0 Å². The molecule has 2 aromatic rings. The van der Waals surface area contributed by atoms with Crippen molar-refractivity contribution in [3.63, 3.8) is 0 Å². The first-order valence-electron chi connectivity index (χ1n) is 6.88. The fourth-order valence-electron chi connectivity index (χ4n) is 2.53. The Morgan fingerprint density at radius 2 is 2.14 bits per heavy atom. The van der Waals surface area contributed by atoms with Gasteiger partial charge in [-0.2, -0.15) is 13.2 Å². The molecule has 1 unspecified atom stereocenters. The lowest BCUT2D eigenvalue weighted by atomic mass is 10.0. The lowest BCUT2D eigenvalue weighted by Gasteiger charge is -2.20. The van der Waals surface area contributed by atoms with Gasteiger partial charge < -0.3 is 5.32 Å². The van der Waals surface area contributed by atoms with Crippen LogP contribution in [0.25, 0.3) is 11.3 Å². The van der Waals surface area contributed by atoms with Gasteiger partial charge in [-0.15, -0.1) is 11.3 Å². The van der Waals surface area contributed by atoms with Crippen LogP contribution < -0.4 is 5.32 Å². The van der Waals surface area contributed by atoms with Crippen molar-refractivity contribution in [2.75, 3.05) is 13.1 Å². The molecule has 0 amide bonds. The minimum absolute atomic E-state index is 0.378. The maximum Gasteiger partial charge on any atom is 0.416 e. The molecule has 1 N–H and O–H groups in total. The minimum atomic E-state index is -4.32. The molecule has 0 aliphatic carbocycles. The molecule has 0 saturated carbocycles. The molecule has 1 aliphatic heterocycles. The Balaban J connectivity index is 1.86. The van der Waals surface area contributed by atoms with E-state index >= 15 is 0 Å². The molecule has 2 nitrogen and oxygen atoms in total. The van der Waals surface area contributed by atoms with Crippen LogP contribution in [0.4, 0.5) is 13.2 Å². The zero-order valence-electron chi connectivity index (χ0n) is 11.3. The molecule has 1 aromatic heterocycles. The molecule has 1 saturated heterocycles. The summed E-state index contributed by atoms with van der Waals surface area (Å²) in [5.41, 5.74) is 0.525. The third kappa shape index (κ3) is 3.27. The standard InChI is InChI=1S/C15H15F3N2S/c16-15(17,18)12-5-1-3-10(7-12)13-9-21-14(20-13)11-4-2-6-19-8-11/h1,3,5,7,9,11,19H,2,4,6,8H2. The molecule has 1 fully saturated rings. The smallest absolute Gasteiger partial charge is 0.316 e. The van der Waals surface area contributed by atoms with Crippen molar-refractivity contribution in [3.05, 3.63) is 40.2 Å². The van der Waals surface area contributed by atoms with E-state index in [1.807, 2.05) is 5.38 Å². The van der Waals surface area contributed by atoms with Crippen molar-refractivity contribution >= 4 is 11.3 Å². The largest absolute Gasteiger partial charge is 0.416 e. The first kappa shape index (κ1) is 14.5. The second-order valence-electron chi connectivity index (χ2n) is 5.19. The van der Waals surface area contributed by atoms with Crippen molar-refractivity contribution in [1.82, 2.24) is 10.3 Å². The number of nitrogens with one attached hydrogen (secondary N) is 1. The molecular weight excluding hydrogens is 297 g/mol. The normalized spacial score (nSPS) is 19.7. The summed E-state index contributed by atoms with van der Waals surface area (Å²) in [6.07, 6.45) is -2.12. The molecule has 0 bridgehead atoms. The number of alkyl halides is 3. The summed E-state index contributed by atoms with van der Waals surface area (Å²) in [7, 11) is 0. The van der Waals surface area contributed by atoms with Crippen molar-refractivity contribution in [2.24, 2.45) is 0 Å². The molecule has 1 atom stereocenters. The van der Waals surface area contributed by atoms with E-state index < -0.39 is 11.7 Å². The van der Waals surface area contributed by atoms with Gasteiger partial charge in [-0.05, 0) is 31.5 Å². The van der Waals surface area contributed by atoms with E-state index in [0.29, 0.717) is 17.2 Å². The zero-order chi connectivity index (χ0) is 14.9. The van der Waals surface area contributed by atoms with Crippen molar-refractivity contribution < 1.29 is 13.2 Å². The summed E-state index contributed by atoms with van der Waals surface area (Å²) in [5, 5.41) is 6.18. The van der Waals surface area contributed by atoms with E-state index in [-0.39, 0.29) is 0 Å². The molecule has 0 spiro atoms. The Morgan fingerprint density at radius 3 is 2.86 bits per heavy atom. The van der Waals surface area contributed by atoms with Gasteiger partial charge in [0.05, 0.1) is 16.3 Å². The van der Waals surface area contributed by atoms with Crippen LogP contribution in [-0.4, -0.2) is 18.1 Å². The van der Waals surface area contributed by atoms with Gasteiger partial charge >= 0.3 is 6.18 Å². The molecular formula is C15H15F3N2S. The molecule has 0 radical (unpaired) electrons. The van der Waals surface area contributed by atoms with E-state index in [4.69, 9.17) is 0 Å². The highest BCUT2D eigenvalue weighted by molar-refractivity contribution is 7.10. The van der Waals surface area contributed by atoms with Gasteiger partial charge in [0.15, 0.2) is 0 Å². The first-order valence-corrected chi connectivity index (χ1v) is 7.76. The molecule has 3 rings (SSSR count). The predicted octanol–water partition coefficient (Wildman–Crippen LogP) is 4.30. The third-order valence-corrected chi connectivity index (χ3v) is 4.66. The summed E-state index contributed by atoms with van der Waals surface area (Å²) in [4.78, 5) is 4.54. The highest BCUT2D eigenvalue weighted by Crippen LogP contribution is 2.34. The van der Waals surface area contributed by atoms with Gasteiger partial charge in [0.2, 0.25) is 0 Å². The van der Waals surface area contributed by atoms with Crippen LogP contribution in [0.15, 0.2) is 29.6 Å². The summed E-state index contributed by atoms with van der Waals surface area (Å²) in [6.45, 7) is 1.93. The van der Waals surface area contributed by atoms with E-state index in [0.717, 1.165) is 43.1 Å². The highest BCUT2D eigenvalue weighted by atomic mass is 32.1. The van der Waals surface area contributed by atoms with Crippen LogP contribution in [0.1, 0.15) is 29.3 Å². The van der Waals surface area contributed by atoms with Gasteiger partial charge in [-0.25, -0.2) is 4.98 Å². The Morgan fingerprint density at radius 1 is 1.29 bits per heavy atom. The Bertz CT molecular complexity index is 615. The molecule has 112 valence electrons. The van der Waals surface area contributed by atoms with Crippen LogP contribution >= 0.6 is 11.3 Å². The quantitative estimate of drug-likeness (QED) is 0.894. The summed E-state index contributed by atoms with van der Waals surface area (Å²) >= 11 is 1.53. The molecule has 6 heteroatoms. The maximum absolute atomic E-state index is 12.8. The fourth-order valence-corrected chi connectivity index (χ4v) is 3.49. The SMILES string of the molecule is FC(F)(F)c1cccc(-c2csc(C3CCCNC3)n2)c1. The number of thiazole rings is 1. The number of aromatic nitrogens is 1. The third-order valence-electron chi connectivity index (χ3n) is 3.65. The number of hydrogen-bond acceptors (Lipinski definition) is 3. The summed E-state index contributed by atoms with van der Waals surface area (Å²) in [6, 6.07) is 5.35. The predicted molar refractivity (Wildman–Crippen MR) is 77.4 cm³/mol. The Kier molecular flexibility index (Phi) is 3.99. The van der Waals surface area contributed by atoms with Gasteiger partial charge in [0, 0.05) is 23.4 Å². The second kappa shape index (κ2) is 5.77. The van der Waals surface area contributed by atoms with E-state index in [2.05, 4.69) is 10.3 Å². The van der Waals surface area contributed by atoms with E-state index in [1.165, 1.54) is 17.4 Å². The minimum Gasteiger partial charge on any atom is -0.316 e. The number of nitrogens with zero attached hydrogens (tertiary/aromatic N) is 1. The molecule has 2 heterocycles. The average molecular weight is 312 g/mol. The lowest BCUT2D eigenvalue weighted by molar-refractivity contribution is -0.137. The number of benzene rings is 1. The zero-order valence-corrected chi connectivity index (χ0v) is 12.1. The Hall–Kier alpha value is -1.40. The van der Waals surface area contributed by atoms with Crippen LogP contribution in [0, 0.1) is 0 Å². The summed E-state index contributed by atoms with van der Waals surface area (Å²) in [5.74, 6) is 0.378. The molecule has 1 aromatic carbocycles. The van der Waals surface area contributed by atoms with Crippen molar-refractivity contribution in [2.45, 2.75) is 24.9 Å². The van der Waals surface area contributed by atoms with Gasteiger partial charge in [-0.1, -0.05) is 12.1 Å². The van der Waals surface area contributed by atoms with E-state index in [1.54, 1.807) is 6.07 Å². The van der Waals surface area contributed by atoms with Gasteiger partial charge in [0.25, 0.3) is 0 Å².